The van der Waals surface area contributed by atoms with Crippen molar-refractivity contribution in [3.05, 3.63) is 35.4 Å². The Morgan fingerprint density at radius 3 is 2.32 bits per heavy atom. The van der Waals surface area contributed by atoms with Crippen LogP contribution >= 0.6 is 11.8 Å². The molecule has 0 saturated heterocycles. The van der Waals surface area contributed by atoms with E-state index in [2.05, 4.69) is 5.32 Å². The summed E-state index contributed by atoms with van der Waals surface area (Å²) < 4.78 is 0. The zero-order valence-electron chi connectivity index (χ0n) is 14.5. The summed E-state index contributed by atoms with van der Waals surface area (Å²) in [6.07, 6.45) is 7.83. The molecule has 1 aliphatic heterocycles. The minimum Gasteiger partial charge on any atom is -0.352 e. The third-order valence-corrected chi connectivity index (χ3v) is 5.63. The van der Waals surface area contributed by atoms with E-state index in [4.69, 9.17) is 0 Å². The van der Waals surface area contributed by atoms with Gasteiger partial charge in [0.05, 0.1) is 11.1 Å². The van der Waals surface area contributed by atoms with E-state index >= 15 is 0 Å². The molecule has 1 aromatic carbocycles. The fourth-order valence-corrected chi connectivity index (χ4v) is 4.10. The van der Waals surface area contributed by atoms with Crippen LogP contribution in [0.2, 0.25) is 0 Å². The van der Waals surface area contributed by atoms with Crippen molar-refractivity contribution in [3.63, 3.8) is 0 Å². The molecule has 0 bridgehead atoms. The normalized spacial score (nSPS) is 19.0. The van der Waals surface area contributed by atoms with Gasteiger partial charge < -0.3 is 5.32 Å². The highest BCUT2D eigenvalue weighted by molar-refractivity contribution is 7.98. The van der Waals surface area contributed by atoms with Crippen LogP contribution in [-0.4, -0.2) is 46.7 Å². The summed E-state index contributed by atoms with van der Waals surface area (Å²) in [7, 11) is 0. The first-order valence-electron chi connectivity index (χ1n) is 8.89. The number of nitrogens with one attached hydrogen (secondary N) is 1. The molecule has 1 N–H and O–H groups in total. The second-order valence-corrected chi connectivity index (χ2v) is 7.65. The van der Waals surface area contributed by atoms with Crippen LogP contribution in [0.3, 0.4) is 0 Å². The van der Waals surface area contributed by atoms with Gasteiger partial charge in [0.15, 0.2) is 0 Å². The molecular weight excluding hydrogens is 336 g/mol. The average molecular weight is 360 g/mol. The molecule has 3 rings (SSSR count). The number of hydrogen-bond acceptors (Lipinski definition) is 4. The predicted octanol–water partition coefficient (Wildman–Crippen LogP) is 2.85. The molecule has 2 aliphatic rings. The van der Waals surface area contributed by atoms with Gasteiger partial charge in [-0.15, -0.1) is 0 Å². The van der Waals surface area contributed by atoms with E-state index in [0.29, 0.717) is 17.5 Å². The molecule has 1 heterocycles. The monoisotopic (exact) mass is 360 g/mol. The van der Waals surface area contributed by atoms with Gasteiger partial charge in [-0.2, -0.15) is 11.8 Å². The molecule has 134 valence electrons. The van der Waals surface area contributed by atoms with Crippen LogP contribution in [0.5, 0.6) is 0 Å². The minimum absolute atomic E-state index is 0.160. The Morgan fingerprint density at radius 1 is 1.16 bits per heavy atom. The second-order valence-electron chi connectivity index (χ2n) is 6.67. The van der Waals surface area contributed by atoms with Gasteiger partial charge in [0, 0.05) is 6.04 Å². The van der Waals surface area contributed by atoms with Crippen molar-refractivity contribution < 1.29 is 14.4 Å². The van der Waals surface area contributed by atoms with Crippen molar-refractivity contribution in [2.75, 3.05) is 12.0 Å². The molecule has 5 nitrogen and oxygen atoms in total. The lowest BCUT2D eigenvalue weighted by atomic mass is 9.95. The predicted molar refractivity (Wildman–Crippen MR) is 98.7 cm³/mol. The van der Waals surface area contributed by atoms with E-state index in [0.717, 1.165) is 31.4 Å². The van der Waals surface area contributed by atoms with Gasteiger partial charge in [0.1, 0.15) is 6.04 Å². The molecule has 0 aromatic heterocycles. The van der Waals surface area contributed by atoms with Gasteiger partial charge in [-0.25, -0.2) is 0 Å². The first-order valence-corrected chi connectivity index (χ1v) is 10.3. The molecule has 1 atom stereocenters. The van der Waals surface area contributed by atoms with Crippen LogP contribution < -0.4 is 5.32 Å². The zero-order valence-corrected chi connectivity index (χ0v) is 15.3. The second kappa shape index (κ2) is 8.04. The summed E-state index contributed by atoms with van der Waals surface area (Å²) >= 11 is 1.61. The third kappa shape index (κ3) is 3.73. The number of fused-ring (bicyclic) bond motifs is 1. The lowest BCUT2D eigenvalue weighted by Crippen LogP contribution is -2.52. The number of amides is 3. The van der Waals surface area contributed by atoms with Crippen LogP contribution in [0.25, 0.3) is 0 Å². The molecular formula is C19H24N2O3S. The smallest absolute Gasteiger partial charge is 0.262 e. The summed E-state index contributed by atoms with van der Waals surface area (Å²) in [6.45, 7) is 0. The van der Waals surface area contributed by atoms with E-state index in [1.54, 1.807) is 36.0 Å². The Kier molecular flexibility index (Phi) is 5.78. The lowest BCUT2D eigenvalue weighted by Gasteiger charge is -2.29. The van der Waals surface area contributed by atoms with Crippen molar-refractivity contribution in [1.82, 2.24) is 10.2 Å². The van der Waals surface area contributed by atoms with Crippen molar-refractivity contribution in [3.8, 4) is 0 Å². The Labute approximate surface area is 152 Å². The van der Waals surface area contributed by atoms with Gasteiger partial charge in [-0.1, -0.05) is 31.4 Å². The number of imide groups is 1. The molecule has 1 fully saturated rings. The van der Waals surface area contributed by atoms with Gasteiger partial charge >= 0.3 is 0 Å². The van der Waals surface area contributed by atoms with Gasteiger partial charge in [-0.05, 0) is 43.4 Å². The highest BCUT2D eigenvalue weighted by atomic mass is 32.2. The van der Waals surface area contributed by atoms with Crippen LogP contribution in [0.4, 0.5) is 0 Å². The summed E-state index contributed by atoms with van der Waals surface area (Å²) in [6, 6.07) is 6.22. The SMILES string of the molecule is CSCCC(C(=O)NC1CCCCC1)N1C(=O)c2ccccc2C1=O. The van der Waals surface area contributed by atoms with E-state index in [1.165, 1.54) is 11.3 Å². The van der Waals surface area contributed by atoms with Crippen molar-refractivity contribution in [1.29, 1.82) is 0 Å². The molecule has 1 aromatic rings. The number of thioether (sulfide) groups is 1. The van der Waals surface area contributed by atoms with Crippen LogP contribution in [0.1, 0.15) is 59.2 Å². The zero-order chi connectivity index (χ0) is 17.8. The molecule has 0 radical (unpaired) electrons. The van der Waals surface area contributed by atoms with E-state index in [9.17, 15) is 14.4 Å². The van der Waals surface area contributed by atoms with Crippen LogP contribution in [0.15, 0.2) is 24.3 Å². The summed E-state index contributed by atoms with van der Waals surface area (Å²) in [5.74, 6) is -0.192. The largest absolute Gasteiger partial charge is 0.352 e. The maximum absolute atomic E-state index is 12.9. The molecule has 6 heteroatoms. The molecule has 3 amide bonds. The van der Waals surface area contributed by atoms with E-state index < -0.39 is 6.04 Å². The van der Waals surface area contributed by atoms with Crippen LogP contribution in [-0.2, 0) is 4.79 Å². The number of nitrogens with zero attached hydrogens (tertiary/aromatic N) is 1. The van der Waals surface area contributed by atoms with Gasteiger partial charge in [0.25, 0.3) is 11.8 Å². The average Bonchev–Trinajstić information content (AvgIpc) is 2.88. The fraction of sp³-hybridized carbons (Fsp3) is 0.526. The Bertz CT molecular complexity index is 635. The topological polar surface area (TPSA) is 66.5 Å². The number of carbonyl (C=O) groups excluding carboxylic acids is 3. The maximum Gasteiger partial charge on any atom is 0.262 e. The quantitative estimate of drug-likeness (QED) is 0.792. The highest BCUT2D eigenvalue weighted by Crippen LogP contribution is 2.26. The van der Waals surface area contributed by atoms with Crippen molar-refractivity contribution in [2.24, 2.45) is 0 Å². The highest BCUT2D eigenvalue weighted by Gasteiger charge is 2.42. The van der Waals surface area contributed by atoms with Crippen LogP contribution in [0, 0.1) is 0 Å². The molecule has 1 aliphatic carbocycles. The molecule has 1 unspecified atom stereocenters. The van der Waals surface area contributed by atoms with Gasteiger partial charge in [-0.3, -0.25) is 19.3 Å². The van der Waals surface area contributed by atoms with E-state index in [1.807, 2.05) is 6.26 Å². The molecule has 0 spiro atoms. The maximum atomic E-state index is 12.9. The Balaban J connectivity index is 1.79. The first kappa shape index (κ1) is 18.0. The number of carbonyl (C=O) groups is 3. The molecule has 25 heavy (non-hydrogen) atoms. The lowest BCUT2D eigenvalue weighted by molar-refractivity contribution is -0.126. The fourth-order valence-electron chi connectivity index (χ4n) is 3.64. The third-order valence-electron chi connectivity index (χ3n) is 4.99. The van der Waals surface area contributed by atoms with Crippen molar-refractivity contribution >= 4 is 29.5 Å². The standard InChI is InChI=1S/C19H24N2O3S/c1-25-12-11-16(17(22)20-13-7-3-2-4-8-13)21-18(23)14-9-5-6-10-15(14)19(21)24/h5-6,9-10,13,16H,2-4,7-8,11-12H2,1H3,(H,20,22). The van der Waals surface area contributed by atoms with Gasteiger partial charge in [0.2, 0.25) is 5.91 Å². The number of benzene rings is 1. The Morgan fingerprint density at radius 2 is 1.76 bits per heavy atom. The molecule has 1 saturated carbocycles. The summed E-state index contributed by atoms with van der Waals surface area (Å²) in [5.41, 5.74) is 0.791. The number of rotatable bonds is 6. The number of hydrogen-bond donors (Lipinski definition) is 1. The van der Waals surface area contributed by atoms with Crippen molar-refractivity contribution in [2.45, 2.75) is 50.6 Å². The first-order chi connectivity index (χ1) is 12.1. The Hall–Kier alpha value is -1.82. The summed E-state index contributed by atoms with van der Waals surface area (Å²) in [5, 5.41) is 3.08. The van der Waals surface area contributed by atoms with E-state index in [-0.39, 0.29) is 23.8 Å². The minimum atomic E-state index is -0.734. The summed E-state index contributed by atoms with van der Waals surface area (Å²) in [4.78, 5) is 39.5.